The molecule has 26 heavy (non-hydrogen) atoms. The minimum atomic E-state index is 0.118. The van der Waals surface area contributed by atoms with E-state index in [1.54, 1.807) is 11.0 Å². The lowest BCUT2D eigenvalue weighted by Gasteiger charge is -2.17. The maximum atomic E-state index is 11.9. The second-order valence-corrected chi connectivity index (χ2v) is 6.56. The summed E-state index contributed by atoms with van der Waals surface area (Å²) in [6.45, 7) is 2.10. The van der Waals surface area contributed by atoms with Crippen molar-refractivity contribution in [3.63, 3.8) is 0 Å². The van der Waals surface area contributed by atoms with Crippen molar-refractivity contribution in [2.75, 3.05) is 10.6 Å². The fourth-order valence-corrected chi connectivity index (χ4v) is 2.81. The van der Waals surface area contributed by atoms with Crippen molar-refractivity contribution in [3.05, 3.63) is 60.4 Å². The Bertz CT molecular complexity index is 887. The molecule has 3 aromatic rings. The molecule has 0 bridgehead atoms. The fraction of sp³-hybridized carbons (Fsp3) is 0.263. The molecule has 0 aliphatic heterocycles. The highest BCUT2D eigenvalue weighted by Gasteiger charge is 2.29. The molecule has 1 heterocycles. The average molecular weight is 348 g/mol. The molecule has 0 spiro atoms. The molecule has 1 fully saturated rings. The molecule has 0 saturated heterocycles. The van der Waals surface area contributed by atoms with Gasteiger partial charge in [0.15, 0.2) is 0 Å². The monoisotopic (exact) mass is 348 g/mol. The summed E-state index contributed by atoms with van der Waals surface area (Å²) in [6, 6.07) is 16.0. The van der Waals surface area contributed by atoms with Gasteiger partial charge in [-0.05, 0) is 66.1 Å². The lowest BCUT2D eigenvalue weighted by Crippen LogP contribution is -2.13. The number of hydrogen-bond acceptors (Lipinski definition) is 5. The molecule has 1 amide bonds. The summed E-state index contributed by atoms with van der Waals surface area (Å²) >= 11 is 0. The van der Waals surface area contributed by atoms with Crippen molar-refractivity contribution in [3.8, 4) is 5.69 Å². The first kappa shape index (κ1) is 16.3. The molecule has 132 valence electrons. The number of amides is 1. The smallest absolute Gasteiger partial charge is 0.227 e. The normalized spacial score (nSPS) is 14.7. The quantitative estimate of drug-likeness (QED) is 0.715. The summed E-state index contributed by atoms with van der Waals surface area (Å²) in [7, 11) is 0. The van der Waals surface area contributed by atoms with Gasteiger partial charge in [0, 0.05) is 23.3 Å². The van der Waals surface area contributed by atoms with Crippen molar-refractivity contribution in [1.29, 1.82) is 0 Å². The van der Waals surface area contributed by atoms with Crippen LogP contribution < -0.4 is 10.6 Å². The summed E-state index contributed by atoms with van der Waals surface area (Å²) < 4.78 is 1.62. The predicted octanol–water partition coefficient (Wildman–Crippen LogP) is 3.18. The first-order valence-corrected chi connectivity index (χ1v) is 8.70. The highest BCUT2D eigenvalue weighted by Crippen LogP contribution is 2.30. The Morgan fingerprint density at radius 3 is 2.62 bits per heavy atom. The summed E-state index contributed by atoms with van der Waals surface area (Å²) in [6.07, 6.45) is 3.57. The van der Waals surface area contributed by atoms with Crippen LogP contribution in [0.25, 0.3) is 5.69 Å². The maximum absolute atomic E-state index is 11.9. The number of anilines is 2. The fourth-order valence-electron chi connectivity index (χ4n) is 2.81. The van der Waals surface area contributed by atoms with Crippen molar-refractivity contribution >= 4 is 17.3 Å². The second-order valence-electron chi connectivity index (χ2n) is 6.56. The van der Waals surface area contributed by atoms with Gasteiger partial charge in [0.25, 0.3) is 0 Å². The van der Waals surface area contributed by atoms with Gasteiger partial charge in [-0.3, -0.25) is 4.79 Å². The second kappa shape index (κ2) is 6.95. The summed E-state index contributed by atoms with van der Waals surface area (Å²) in [5.74, 6) is 0.317. The Balaban J connectivity index is 1.42. The number of carbonyl (C=O) groups excluding carboxylic acids is 1. The Kier molecular flexibility index (Phi) is 4.35. The van der Waals surface area contributed by atoms with Crippen LogP contribution >= 0.6 is 0 Å². The highest BCUT2D eigenvalue weighted by molar-refractivity contribution is 5.94. The summed E-state index contributed by atoms with van der Waals surface area (Å²) in [5, 5.41) is 17.6. The minimum Gasteiger partial charge on any atom is -0.378 e. The van der Waals surface area contributed by atoms with Gasteiger partial charge in [-0.2, -0.15) is 0 Å². The van der Waals surface area contributed by atoms with Gasteiger partial charge in [0.1, 0.15) is 6.33 Å². The SMILES string of the molecule is CC(Nc1cccc(NC(=O)C2CC2)c1)c1ccc(-n2cnnn2)cc1. The molecule has 1 atom stereocenters. The van der Waals surface area contributed by atoms with E-state index in [-0.39, 0.29) is 17.9 Å². The van der Waals surface area contributed by atoms with E-state index < -0.39 is 0 Å². The average Bonchev–Trinajstić information content (AvgIpc) is 3.37. The number of rotatable bonds is 6. The first-order valence-electron chi connectivity index (χ1n) is 8.70. The Labute approximate surface area is 151 Å². The number of nitrogens with one attached hydrogen (secondary N) is 2. The number of aromatic nitrogens is 4. The van der Waals surface area contributed by atoms with Crippen molar-refractivity contribution in [1.82, 2.24) is 20.2 Å². The first-order chi connectivity index (χ1) is 12.7. The molecule has 2 aromatic carbocycles. The van der Waals surface area contributed by atoms with Crippen LogP contribution in [0.1, 0.15) is 31.4 Å². The zero-order chi connectivity index (χ0) is 17.9. The molecule has 7 nitrogen and oxygen atoms in total. The zero-order valence-electron chi connectivity index (χ0n) is 14.5. The van der Waals surface area contributed by atoms with Crippen LogP contribution in [0.2, 0.25) is 0 Å². The number of benzene rings is 2. The third kappa shape index (κ3) is 3.72. The minimum absolute atomic E-state index is 0.118. The summed E-state index contributed by atoms with van der Waals surface area (Å²) in [5.41, 5.74) is 3.86. The lowest BCUT2D eigenvalue weighted by molar-refractivity contribution is -0.117. The van der Waals surface area contributed by atoms with Crippen molar-refractivity contribution < 1.29 is 4.79 Å². The Hall–Kier alpha value is -3.22. The summed E-state index contributed by atoms with van der Waals surface area (Å²) in [4.78, 5) is 11.9. The molecule has 1 saturated carbocycles. The van der Waals surface area contributed by atoms with Gasteiger partial charge in [-0.1, -0.05) is 18.2 Å². The highest BCUT2D eigenvalue weighted by atomic mass is 16.2. The number of tetrazole rings is 1. The van der Waals surface area contributed by atoms with Gasteiger partial charge in [-0.15, -0.1) is 5.10 Å². The Morgan fingerprint density at radius 1 is 1.15 bits per heavy atom. The van der Waals surface area contributed by atoms with E-state index in [2.05, 4.69) is 33.1 Å². The third-order valence-electron chi connectivity index (χ3n) is 4.47. The third-order valence-corrected chi connectivity index (χ3v) is 4.47. The molecule has 4 rings (SSSR count). The molecule has 1 aliphatic rings. The molecular formula is C19H20N6O. The predicted molar refractivity (Wildman–Crippen MR) is 99.0 cm³/mol. The van der Waals surface area contributed by atoms with E-state index in [1.807, 2.05) is 48.5 Å². The standard InChI is InChI=1S/C19H20N6O/c1-13(14-7-9-18(10-8-14)25-12-20-23-24-25)21-16-3-2-4-17(11-16)22-19(26)15-5-6-15/h2-4,7-13,15,21H,5-6H2,1H3,(H,22,26). The molecule has 7 heteroatoms. The Morgan fingerprint density at radius 2 is 1.92 bits per heavy atom. The molecular weight excluding hydrogens is 328 g/mol. The van der Waals surface area contributed by atoms with Crippen LogP contribution in [0.4, 0.5) is 11.4 Å². The van der Waals surface area contributed by atoms with Crippen LogP contribution in [0.3, 0.4) is 0 Å². The topological polar surface area (TPSA) is 84.7 Å². The van der Waals surface area contributed by atoms with E-state index in [0.717, 1.165) is 35.5 Å². The van der Waals surface area contributed by atoms with Crippen LogP contribution in [0.15, 0.2) is 54.9 Å². The maximum Gasteiger partial charge on any atom is 0.227 e. The zero-order valence-corrected chi connectivity index (χ0v) is 14.5. The molecule has 2 N–H and O–H groups in total. The van der Waals surface area contributed by atoms with Crippen molar-refractivity contribution in [2.45, 2.75) is 25.8 Å². The van der Waals surface area contributed by atoms with Gasteiger partial charge in [0.05, 0.1) is 5.69 Å². The van der Waals surface area contributed by atoms with Crippen LogP contribution in [0.5, 0.6) is 0 Å². The van der Waals surface area contributed by atoms with E-state index in [4.69, 9.17) is 0 Å². The molecule has 0 radical (unpaired) electrons. The van der Waals surface area contributed by atoms with Gasteiger partial charge < -0.3 is 10.6 Å². The van der Waals surface area contributed by atoms with Crippen LogP contribution in [-0.2, 0) is 4.79 Å². The van der Waals surface area contributed by atoms with E-state index in [0.29, 0.717) is 0 Å². The van der Waals surface area contributed by atoms with Gasteiger partial charge >= 0.3 is 0 Å². The van der Waals surface area contributed by atoms with Crippen LogP contribution in [0, 0.1) is 5.92 Å². The molecule has 1 unspecified atom stereocenters. The van der Waals surface area contributed by atoms with E-state index >= 15 is 0 Å². The van der Waals surface area contributed by atoms with Gasteiger partial charge in [-0.25, -0.2) is 4.68 Å². The van der Waals surface area contributed by atoms with Gasteiger partial charge in [0.2, 0.25) is 5.91 Å². The van der Waals surface area contributed by atoms with E-state index in [1.165, 1.54) is 0 Å². The largest absolute Gasteiger partial charge is 0.378 e. The number of nitrogens with zero attached hydrogens (tertiary/aromatic N) is 4. The number of carbonyl (C=O) groups is 1. The van der Waals surface area contributed by atoms with Crippen LogP contribution in [-0.4, -0.2) is 26.1 Å². The molecule has 1 aliphatic carbocycles. The molecule has 1 aromatic heterocycles. The van der Waals surface area contributed by atoms with E-state index in [9.17, 15) is 4.79 Å². The lowest BCUT2D eigenvalue weighted by atomic mass is 10.1. The number of hydrogen-bond donors (Lipinski definition) is 2. The van der Waals surface area contributed by atoms with Crippen molar-refractivity contribution in [2.24, 2.45) is 5.92 Å².